The molecule has 1 rings (SSSR count). The Hall–Kier alpha value is -1.59. The molecule has 1 unspecified atom stereocenters. The fourth-order valence-electron chi connectivity index (χ4n) is 1.55. The molecule has 0 aliphatic rings. The van der Waals surface area contributed by atoms with Gasteiger partial charge in [-0.3, -0.25) is 4.79 Å². The van der Waals surface area contributed by atoms with E-state index < -0.39 is 12.1 Å². The van der Waals surface area contributed by atoms with E-state index in [0.29, 0.717) is 13.0 Å². The van der Waals surface area contributed by atoms with E-state index in [1.807, 2.05) is 30.3 Å². The van der Waals surface area contributed by atoms with E-state index in [1.54, 1.807) is 0 Å². The van der Waals surface area contributed by atoms with Crippen molar-refractivity contribution >= 4 is 23.5 Å². The summed E-state index contributed by atoms with van der Waals surface area (Å²) >= 11 is 5.50. The number of amides is 1. The smallest absolute Gasteiger partial charge is 0.408 e. The molecule has 1 aromatic rings. The maximum Gasteiger partial charge on any atom is 0.408 e. The Morgan fingerprint density at radius 2 is 2.00 bits per heavy atom. The minimum Gasteiger partial charge on any atom is -0.445 e. The Kier molecular flexibility index (Phi) is 7.69. The number of hydrogen-bond acceptors (Lipinski definition) is 4. The first-order valence-corrected chi connectivity index (χ1v) is 6.75. The number of rotatable bonds is 8. The lowest BCUT2D eigenvalue weighted by molar-refractivity contribution is -0.119. The number of benzene rings is 1. The van der Waals surface area contributed by atoms with Crippen LogP contribution in [0.3, 0.4) is 0 Å². The van der Waals surface area contributed by atoms with Gasteiger partial charge >= 0.3 is 6.09 Å². The van der Waals surface area contributed by atoms with Gasteiger partial charge < -0.3 is 14.8 Å². The molecule has 1 atom stereocenters. The van der Waals surface area contributed by atoms with Crippen LogP contribution in [0.5, 0.6) is 0 Å². The Balaban J connectivity index is 2.43. The topological polar surface area (TPSA) is 64.6 Å². The fourth-order valence-corrected chi connectivity index (χ4v) is 1.74. The van der Waals surface area contributed by atoms with E-state index in [1.165, 1.54) is 7.11 Å². The van der Waals surface area contributed by atoms with E-state index in [2.05, 4.69) is 5.32 Å². The number of methoxy groups -OCH3 is 1. The van der Waals surface area contributed by atoms with Gasteiger partial charge in [-0.25, -0.2) is 4.79 Å². The van der Waals surface area contributed by atoms with Crippen molar-refractivity contribution in [3.8, 4) is 0 Å². The summed E-state index contributed by atoms with van der Waals surface area (Å²) in [6, 6.07) is 8.60. The summed E-state index contributed by atoms with van der Waals surface area (Å²) in [5.74, 6) is -0.423. The molecule has 0 saturated heterocycles. The van der Waals surface area contributed by atoms with Gasteiger partial charge in [0.15, 0.2) is 5.78 Å². The predicted molar refractivity (Wildman–Crippen MR) is 75.8 cm³/mol. The Morgan fingerprint density at radius 3 is 2.60 bits per heavy atom. The average Bonchev–Trinajstić information content (AvgIpc) is 2.49. The summed E-state index contributed by atoms with van der Waals surface area (Å²) in [4.78, 5) is 23.2. The minimum atomic E-state index is -0.685. The first kappa shape index (κ1) is 16.5. The zero-order valence-corrected chi connectivity index (χ0v) is 12.1. The second kappa shape index (κ2) is 9.34. The van der Waals surface area contributed by atoms with Crippen LogP contribution in [-0.4, -0.2) is 37.5 Å². The fraction of sp³-hybridized carbons (Fsp3) is 0.429. The lowest BCUT2D eigenvalue weighted by Gasteiger charge is -2.16. The molecule has 0 radical (unpaired) electrons. The standard InChI is InChI=1S/C14H18ClNO4/c1-19-8-7-12(13(17)9-15)16-14(18)20-10-11-5-3-2-4-6-11/h2-6,12H,7-10H2,1H3,(H,16,18). The van der Waals surface area contributed by atoms with Gasteiger partial charge in [-0.2, -0.15) is 0 Å². The van der Waals surface area contributed by atoms with Gasteiger partial charge in [0.05, 0.1) is 11.9 Å². The average molecular weight is 300 g/mol. The second-order valence-electron chi connectivity index (χ2n) is 4.14. The van der Waals surface area contributed by atoms with Crippen LogP contribution in [0.4, 0.5) is 4.79 Å². The van der Waals surface area contributed by atoms with Crippen molar-refractivity contribution in [3.63, 3.8) is 0 Å². The molecule has 0 aromatic heterocycles. The van der Waals surface area contributed by atoms with E-state index >= 15 is 0 Å². The molecule has 0 aliphatic carbocycles. The largest absolute Gasteiger partial charge is 0.445 e. The van der Waals surface area contributed by atoms with Gasteiger partial charge in [-0.15, -0.1) is 11.6 Å². The number of alkyl halides is 1. The number of halogens is 1. The van der Waals surface area contributed by atoms with Gasteiger partial charge in [0.2, 0.25) is 0 Å². The normalized spacial score (nSPS) is 11.7. The molecule has 6 heteroatoms. The molecule has 5 nitrogen and oxygen atoms in total. The highest BCUT2D eigenvalue weighted by Crippen LogP contribution is 2.02. The number of hydrogen-bond donors (Lipinski definition) is 1. The molecule has 1 aromatic carbocycles. The van der Waals surface area contributed by atoms with Crippen LogP contribution in [0.2, 0.25) is 0 Å². The summed E-state index contributed by atoms with van der Waals surface area (Å²) in [7, 11) is 1.52. The van der Waals surface area contributed by atoms with Crippen molar-refractivity contribution < 1.29 is 19.1 Å². The zero-order chi connectivity index (χ0) is 14.8. The number of nitrogens with one attached hydrogen (secondary N) is 1. The highest BCUT2D eigenvalue weighted by atomic mass is 35.5. The van der Waals surface area contributed by atoms with Crippen molar-refractivity contribution in [2.75, 3.05) is 19.6 Å². The Labute approximate surface area is 123 Å². The van der Waals surface area contributed by atoms with Crippen LogP contribution in [0.1, 0.15) is 12.0 Å². The molecule has 0 aliphatic heterocycles. The lowest BCUT2D eigenvalue weighted by atomic mass is 10.1. The van der Waals surface area contributed by atoms with Gasteiger partial charge in [0, 0.05) is 13.7 Å². The van der Waals surface area contributed by atoms with Crippen LogP contribution < -0.4 is 5.32 Å². The third kappa shape index (κ3) is 6.04. The summed E-state index contributed by atoms with van der Waals surface area (Å²) < 4.78 is 9.94. The SMILES string of the molecule is COCCC(NC(=O)OCc1ccccc1)C(=O)CCl. The quantitative estimate of drug-likeness (QED) is 0.747. The molecule has 0 saturated carbocycles. The van der Waals surface area contributed by atoms with Crippen LogP contribution in [-0.2, 0) is 20.9 Å². The number of ether oxygens (including phenoxy) is 2. The van der Waals surface area contributed by atoms with E-state index in [4.69, 9.17) is 21.1 Å². The van der Waals surface area contributed by atoms with Gasteiger partial charge in [-0.05, 0) is 12.0 Å². The van der Waals surface area contributed by atoms with Crippen molar-refractivity contribution in [2.45, 2.75) is 19.1 Å². The van der Waals surface area contributed by atoms with Crippen LogP contribution in [0, 0.1) is 0 Å². The maximum absolute atomic E-state index is 11.6. The van der Waals surface area contributed by atoms with Crippen molar-refractivity contribution in [2.24, 2.45) is 0 Å². The Morgan fingerprint density at radius 1 is 1.30 bits per heavy atom. The minimum absolute atomic E-state index is 0.152. The predicted octanol–water partition coefficient (Wildman–Crippen LogP) is 2.13. The molecule has 0 spiro atoms. The summed E-state index contributed by atoms with van der Waals surface area (Å²) in [5.41, 5.74) is 0.875. The van der Waals surface area contributed by atoms with Gasteiger partial charge in [0.1, 0.15) is 6.61 Å². The number of alkyl carbamates (subject to hydrolysis) is 1. The monoisotopic (exact) mass is 299 g/mol. The van der Waals surface area contributed by atoms with Crippen molar-refractivity contribution in [3.05, 3.63) is 35.9 Å². The highest BCUT2D eigenvalue weighted by Gasteiger charge is 2.20. The van der Waals surface area contributed by atoms with E-state index in [0.717, 1.165) is 5.56 Å². The number of Topliss-reactive ketones (excluding diaryl/α,β-unsaturated/α-hetero) is 1. The highest BCUT2D eigenvalue weighted by molar-refractivity contribution is 6.28. The third-order valence-electron chi connectivity index (χ3n) is 2.64. The van der Waals surface area contributed by atoms with Crippen molar-refractivity contribution in [1.82, 2.24) is 5.32 Å². The molecule has 20 heavy (non-hydrogen) atoms. The molecule has 110 valence electrons. The first-order valence-electron chi connectivity index (χ1n) is 6.22. The van der Waals surface area contributed by atoms with E-state index in [9.17, 15) is 9.59 Å². The number of ketones is 1. The molecule has 1 N–H and O–H groups in total. The van der Waals surface area contributed by atoms with Crippen LogP contribution in [0.25, 0.3) is 0 Å². The van der Waals surface area contributed by atoms with Gasteiger partial charge in [-0.1, -0.05) is 30.3 Å². The van der Waals surface area contributed by atoms with Crippen LogP contribution >= 0.6 is 11.6 Å². The molecule has 0 bridgehead atoms. The first-order chi connectivity index (χ1) is 9.67. The number of carbonyl (C=O) groups is 2. The lowest BCUT2D eigenvalue weighted by Crippen LogP contribution is -2.42. The molecule has 0 heterocycles. The van der Waals surface area contributed by atoms with Gasteiger partial charge in [0.25, 0.3) is 0 Å². The maximum atomic E-state index is 11.6. The second-order valence-corrected chi connectivity index (χ2v) is 4.41. The third-order valence-corrected chi connectivity index (χ3v) is 2.90. The molecular weight excluding hydrogens is 282 g/mol. The zero-order valence-electron chi connectivity index (χ0n) is 11.3. The molecule has 1 amide bonds. The summed E-state index contributed by atoms with van der Waals surface area (Å²) in [6.45, 7) is 0.505. The molecule has 0 fully saturated rings. The Bertz CT molecular complexity index is 424. The summed E-state index contributed by atoms with van der Waals surface area (Å²) in [5, 5.41) is 2.50. The molecular formula is C14H18ClNO4. The summed E-state index contributed by atoms with van der Waals surface area (Å²) in [6.07, 6.45) is -0.281. The number of carbonyl (C=O) groups excluding carboxylic acids is 2. The van der Waals surface area contributed by atoms with E-state index in [-0.39, 0.29) is 18.3 Å². The van der Waals surface area contributed by atoms with Crippen LogP contribution in [0.15, 0.2) is 30.3 Å². The van der Waals surface area contributed by atoms with Crippen molar-refractivity contribution in [1.29, 1.82) is 0 Å².